The fraction of sp³-hybridized carbons (Fsp3) is 0.500. The van der Waals surface area contributed by atoms with Gasteiger partial charge in [0.05, 0.1) is 16.8 Å². The second-order valence-corrected chi connectivity index (χ2v) is 5.62. The van der Waals surface area contributed by atoms with Crippen molar-refractivity contribution < 1.29 is 14.7 Å². The average Bonchev–Trinajstić information content (AvgIpc) is 2.88. The highest BCUT2D eigenvalue weighted by molar-refractivity contribution is 6.04. The van der Waals surface area contributed by atoms with Gasteiger partial charge < -0.3 is 15.7 Å². The number of rotatable bonds is 5. The van der Waals surface area contributed by atoms with E-state index in [0.29, 0.717) is 11.3 Å². The molecule has 2 rings (SSSR count). The van der Waals surface area contributed by atoms with Crippen molar-refractivity contribution in [3.05, 3.63) is 29.3 Å². The fourth-order valence-electron chi connectivity index (χ4n) is 3.05. The van der Waals surface area contributed by atoms with Crippen molar-refractivity contribution in [1.29, 1.82) is 0 Å². The van der Waals surface area contributed by atoms with Crippen LogP contribution < -0.4 is 10.6 Å². The molecular weight excluding hydrogens is 268 g/mol. The zero-order valence-electron chi connectivity index (χ0n) is 12.5. The first-order valence-corrected chi connectivity index (χ1v) is 7.39. The van der Waals surface area contributed by atoms with Gasteiger partial charge in [0.1, 0.15) is 0 Å². The third-order valence-electron chi connectivity index (χ3n) is 4.09. The smallest absolute Gasteiger partial charge is 0.338 e. The Labute approximate surface area is 124 Å². The van der Waals surface area contributed by atoms with Gasteiger partial charge in [-0.05, 0) is 44.4 Å². The monoisotopic (exact) mass is 290 g/mol. The summed E-state index contributed by atoms with van der Waals surface area (Å²) in [7, 11) is 0. The maximum absolute atomic E-state index is 12.6. The van der Waals surface area contributed by atoms with Crippen LogP contribution in [0.5, 0.6) is 0 Å². The number of carboxylic acids is 1. The molecule has 0 radical (unpaired) electrons. The van der Waals surface area contributed by atoms with E-state index in [0.717, 1.165) is 32.2 Å². The number of amides is 1. The Hall–Kier alpha value is -1.88. The van der Waals surface area contributed by atoms with E-state index in [1.807, 2.05) is 6.92 Å². The predicted molar refractivity (Wildman–Crippen MR) is 81.6 cm³/mol. The van der Waals surface area contributed by atoms with Crippen molar-refractivity contribution in [2.24, 2.45) is 0 Å². The summed E-state index contributed by atoms with van der Waals surface area (Å²) in [6.45, 7) is 4.60. The molecule has 1 atom stereocenters. The summed E-state index contributed by atoms with van der Waals surface area (Å²) < 4.78 is 0. The van der Waals surface area contributed by atoms with E-state index in [4.69, 9.17) is 0 Å². The van der Waals surface area contributed by atoms with Crippen molar-refractivity contribution in [3.8, 4) is 0 Å². The summed E-state index contributed by atoms with van der Waals surface area (Å²) in [5.74, 6) is -1.15. The van der Waals surface area contributed by atoms with E-state index < -0.39 is 11.5 Å². The van der Waals surface area contributed by atoms with Crippen LogP contribution in [0.2, 0.25) is 0 Å². The lowest BCUT2D eigenvalue weighted by molar-refractivity contribution is -0.122. The van der Waals surface area contributed by atoms with Crippen LogP contribution in [-0.4, -0.2) is 29.1 Å². The molecule has 1 amide bonds. The summed E-state index contributed by atoms with van der Waals surface area (Å²) in [4.78, 5) is 24.0. The minimum absolute atomic E-state index is 0.130. The van der Waals surface area contributed by atoms with E-state index in [9.17, 15) is 14.7 Å². The van der Waals surface area contributed by atoms with Crippen molar-refractivity contribution >= 4 is 17.6 Å². The number of anilines is 1. The van der Waals surface area contributed by atoms with Gasteiger partial charge in [-0.3, -0.25) is 4.79 Å². The fourth-order valence-corrected chi connectivity index (χ4v) is 3.05. The summed E-state index contributed by atoms with van der Waals surface area (Å²) in [6, 6.07) is 5.13. The minimum atomic E-state index is -1.02. The number of carboxylic acid groups (broad SMARTS) is 1. The van der Waals surface area contributed by atoms with Gasteiger partial charge in [-0.15, -0.1) is 0 Å². The van der Waals surface area contributed by atoms with Gasteiger partial charge in [-0.25, -0.2) is 4.79 Å². The van der Waals surface area contributed by atoms with E-state index in [1.165, 1.54) is 0 Å². The number of benzene rings is 1. The quantitative estimate of drug-likeness (QED) is 0.778. The number of carbonyl (C=O) groups is 2. The van der Waals surface area contributed by atoms with Gasteiger partial charge in [0.15, 0.2) is 0 Å². The predicted octanol–water partition coefficient (Wildman–Crippen LogP) is 2.55. The Morgan fingerprint density at radius 3 is 2.76 bits per heavy atom. The minimum Gasteiger partial charge on any atom is -0.478 e. The molecule has 0 saturated carbocycles. The molecule has 1 aliphatic rings. The lowest BCUT2D eigenvalue weighted by Crippen LogP contribution is -2.50. The van der Waals surface area contributed by atoms with Crippen LogP contribution in [0.4, 0.5) is 5.69 Å². The number of hydrogen-bond donors (Lipinski definition) is 3. The molecule has 1 aliphatic heterocycles. The molecule has 0 spiro atoms. The zero-order chi connectivity index (χ0) is 15.5. The number of nitrogens with one attached hydrogen (secondary N) is 2. The molecule has 0 aliphatic carbocycles. The van der Waals surface area contributed by atoms with E-state index >= 15 is 0 Å². The highest BCUT2D eigenvalue weighted by Crippen LogP contribution is 2.28. The van der Waals surface area contributed by atoms with Crippen molar-refractivity contribution in [1.82, 2.24) is 5.32 Å². The van der Waals surface area contributed by atoms with Crippen LogP contribution in [-0.2, 0) is 4.79 Å². The van der Waals surface area contributed by atoms with Gasteiger partial charge >= 0.3 is 5.97 Å². The number of aromatic carboxylic acids is 1. The number of carbonyl (C=O) groups excluding carboxylic acids is 1. The van der Waals surface area contributed by atoms with Crippen LogP contribution in [0.3, 0.4) is 0 Å². The Morgan fingerprint density at radius 1 is 1.43 bits per heavy atom. The molecule has 0 bridgehead atoms. The molecule has 21 heavy (non-hydrogen) atoms. The molecule has 0 aromatic heterocycles. The summed E-state index contributed by atoms with van der Waals surface area (Å²) in [5, 5.41) is 15.4. The Balaban J connectivity index is 2.27. The Morgan fingerprint density at radius 2 is 2.19 bits per heavy atom. The van der Waals surface area contributed by atoms with E-state index in [2.05, 4.69) is 10.6 Å². The molecule has 5 heteroatoms. The summed E-state index contributed by atoms with van der Waals surface area (Å²) in [5.41, 5.74) is 0.616. The first-order valence-electron chi connectivity index (χ1n) is 7.39. The average molecular weight is 290 g/mol. The normalized spacial score (nSPS) is 21.2. The third kappa shape index (κ3) is 3.08. The Kier molecular flexibility index (Phi) is 4.63. The van der Waals surface area contributed by atoms with Gasteiger partial charge in [0.25, 0.3) is 0 Å². The maximum atomic E-state index is 12.6. The van der Waals surface area contributed by atoms with Crippen LogP contribution in [0, 0.1) is 6.92 Å². The summed E-state index contributed by atoms with van der Waals surface area (Å²) >= 11 is 0. The first-order chi connectivity index (χ1) is 10.00. The van der Waals surface area contributed by atoms with E-state index in [-0.39, 0.29) is 11.5 Å². The standard InChI is InChI=1S/C16H22N2O3/c1-3-8-16(9-5-10-17-16)15(21)18-12-7-4-6-11(2)13(12)14(19)20/h4,6-7,17H,3,5,8-10H2,1-2H3,(H,18,21)(H,19,20). The van der Waals surface area contributed by atoms with Gasteiger partial charge in [-0.2, -0.15) is 0 Å². The topological polar surface area (TPSA) is 78.4 Å². The molecule has 1 fully saturated rings. The van der Waals surface area contributed by atoms with Crippen LogP contribution in [0.1, 0.15) is 48.5 Å². The van der Waals surface area contributed by atoms with Crippen molar-refractivity contribution in [2.75, 3.05) is 11.9 Å². The van der Waals surface area contributed by atoms with E-state index in [1.54, 1.807) is 25.1 Å². The van der Waals surface area contributed by atoms with Gasteiger partial charge in [0.2, 0.25) is 5.91 Å². The van der Waals surface area contributed by atoms with Crippen LogP contribution in [0.15, 0.2) is 18.2 Å². The molecular formula is C16H22N2O3. The number of aryl methyl sites for hydroxylation is 1. The van der Waals surface area contributed by atoms with Gasteiger partial charge in [-0.1, -0.05) is 25.5 Å². The number of hydrogen-bond acceptors (Lipinski definition) is 3. The second-order valence-electron chi connectivity index (χ2n) is 5.62. The summed E-state index contributed by atoms with van der Waals surface area (Å²) in [6.07, 6.45) is 3.42. The molecule has 1 aromatic rings. The maximum Gasteiger partial charge on any atom is 0.338 e. The molecule has 3 N–H and O–H groups in total. The molecule has 1 aromatic carbocycles. The third-order valence-corrected chi connectivity index (χ3v) is 4.09. The first kappa shape index (κ1) is 15.5. The highest BCUT2D eigenvalue weighted by atomic mass is 16.4. The largest absolute Gasteiger partial charge is 0.478 e. The van der Waals surface area contributed by atoms with Crippen molar-refractivity contribution in [3.63, 3.8) is 0 Å². The second kappa shape index (κ2) is 6.26. The van der Waals surface area contributed by atoms with Gasteiger partial charge in [0, 0.05) is 0 Å². The molecule has 5 nitrogen and oxygen atoms in total. The lowest BCUT2D eigenvalue weighted by Gasteiger charge is -2.28. The zero-order valence-corrected chi connectivity index (χ0v) is 12.5. The van der Waals surface area contributed by atoms with Crippen LogP contribution >= 0.6 is 0 Å². The molecule has 1 heterocycles. The molecule has 1 unspecified atom stereocenters. The highest BCUT2D eigenvalue weighted by Gasteiger charge is 2.40. The van der Waals surface area contributed by atoms with Crippen molar-refractivity contribution in [2.45, 2.75) is 45.1 Å². The molecule has 114 valence electrons. The molecule has 1 saturated heterocycles. The van der Waals surface area contributed by atoms with Crippen LogP contribution in [0.25, 0.3) is 0 Å². The lowest BCUT2D eigenvalue weighted by atomic mass is 9.90. The Bertz CT molecular complexity index is 548. The SMILES string of the molecule is CCCC1(C(=O)Nc2cccc(C)c2C(=O)O)CCCN1.